The maximum Gasteiger partial charge on any atom is 0.0887 e. The zero-order valence-corrected chi connectivity index (χ0v) is 20.7. The topological polar surface area (TPSA) is 6.48 Å². The molecule has 0 atom stereocenters. The average molecular weight is 526 g/mol. The highest BCUT2D eigenvalue weighted by Gasteiger charge is 2.22. The first kappa shape index (κ1) is 22.3. The summed E-state index contributed by atoms with van der Waals surface area (Å²) in [5, 5.41) is 0.656. The van der Waals surface area contributed by atoms with Gasteiger partial charge in [-0.3, -0.25) is 0 Å². The van der Waals surface area contributed by atoms with Gasteiger partial charge in [0, 0.05) is 27.2 Å². The van der Waals surface area contributed by atoms with E-state index in [-0.39, 0.29) is 0 Å². The van der Waals surface area contributed by atoms with Crippen LogP contribution in [0.1, 0.15) is 0 Å². The van der Waals surface area contributed by atoms with Gasteiger partial charge in [-0.15, -0.1) is 0 Å². The van der Waals surface area contributed by atoms with Crippen LogP contribution < -0.4 is 9.80 Å². The third-order valence-electron chi connectivity index (χ3n) is 5.54. The molecule has 0 heterocycles. The number of hydrogen-bond donors (Lipinski definition) is 0. The van der Waals surface area contributed by atoms with Crippen molar-refractivity contribution < 1.29 is 0 Å². The van der Waals surface area contributed by atoms with E-state index in [4.69, 9.17) is 11.6 Å². The second kappa shape index (κ2) is 10.2. The molecule has 5 rings (SSSR count). The lowest BCUT2D eigenvalue weighted by Gasteiger charge is -2.31. The Morgan fingerprint density at radius 2 is 0.706 bits per heavy atom. The lowest BCUT2D eigenvalue weighted by molar-refractivity contribution is 1.24. The van der Waals surface area contributed by atoms with Gasteiger partial charge in [-0.2, -0.15) is 0 Å². The van der Waals surface area contributed by atoms with Gasteiger partial charge in [0.05, 0.1) is 16.4 Å². The number of halogens is 2. The van der Waals surface area contributed by atoms with Crippen molar-refractivity contribution >= 4 is 61.7 Å². The molecule has 4 heteroatoms. The molecule has 0 N–H and O–H groups in total. The van der Waals surface area contributed by atoms with Crippen molar-refractivity contribution in [1.29, 1.82) is 0 Å². The van der Waals surface area contributed by atoms with Gasteiger partial charge < -0.3 is 9.80 Å². The van der Waals surface area contributed by atoms with Crippen LogP contribution in [0.2, 0.25) is 5.02 Å². The number of para-hydroxylation sites is 4. The maximum absolute atomic E-state index is 7.27. The first-order valence-electron chi connectivity index (χ1n) is 11.0. The van der Waals surface area contributed by atoms with Crippen LogP contribution in [0.15, 0.2) is 138 Å². The molecule has 0 bridgehead atoms. The van der Waals surface area contributed by atoms with Gasteiger partial charge in [0.15, 0.2) is 0 Å². The Balaban J connectivity index is 1.75. The van der Waals surface area contributed by atoms with Crippen LogP contribution in [0.25, 0.3) is 0 Å². The van der Waals surface area contributed by atoms with E-state index in [2.05, 4.69) is 86.4 Å². The van der Waals surface area contributed by atoms with E-state index in [0.29, 0.717) is 5.02 Å². The molecule has 2 nitrogen and oxygen atoms in total. The molecule has 34 heavy (non-hydrogen) atoms. The van der Waals surface area contributed by atoms with Crippen molar-refractivity contribution in [3.63, 3.8) is 0 Å². The van der Waals surface area contributed by atoms with E-state index < -0.39 is 0 Å². The lowest BCUT2D eigenvalue weighted by Crippen LogP contribution is -2.14. The lowest BCUT2D eigenvalue weighted by atomic mass is 10.1. The van der Waals surface area contributed by atoms with Crippen molar-refractivity contribution in [3.05, 3.63) is 143 Å². The maximum atomic E-state index is 7.27. The molecule has 0 fully saturated rings. The molecule has 0 saturated heterocycles. The number of rotatable bonds is 6. The van der Waals surface area contributed by atoms with Crippen LogP contribution in [0, 0.1) is 0 Å². The molecule has 0 aliphatic carbocycles. The molecule has 0 aromatic heterocycles. The third-order valence-corrected chi connectivity index (χ3v) is 6.38. The van der Waals surface area contributed by atoms with E-state index in [1.807, 2.05) is 72.8 Å². The molecule has 0 amide bonds. The summed E-state index contributed by atoms with van der Waals surface area (Å²) < 4.78 is 0.940. The summed E-state index contributed by atoms with van der Waals surface area (Å²) in [4.78, 5) is 4.37. The van der Waals surface area contributed by atoms with Crippen LogP contribution in [0.4, 0.5) is 34.1 Å². The average Bonchev–Trinajstić information content (AvgIpc) is 2.89. The van der Waals surface area contributed by atoms with Crippen molar-refractivity contribution in [1.82, 2.24) is 0 Å². The first-order chi connectivity index (χ1) is 16.7. The SMILES string of the molecule is Clc1c(N(c2ccccc2)c2ccccc2)cc(Br)cc1N(c1ccccc1)c1ccccc1. The Bertz CT molecular complexity index is 1180. The molecule has 166 valence electrons. The number of nitrogens with zero attached hydrogens (tertiary/aromatic N) is 2. The highest BCUT2D eigenvalue weighted by Crippen LogP contribution is 2.47. The monoisotopic (exact) mass is 524 g/mol. The van der Waals surface area contributed by atoms with E-state index in [9.17, 15) is 0 Å². The molecular formula is C30H22BrClN2. The van der Waals surface area contributed by atoms with E-state index in [1.54, 1.807) is 0 Å². The van der Waals surface area contributed by atoms with Crippen LogP contribution in [-0.4, -0.2) is 0 Å². The van der Waals surface area contributed by atoms with Gasteiger partial charge in [0.1, 0.15) is 0 Å². The Morgan fingerprint density at radius 3 is 0.971 bits per heavy atom. The Kier molecular flexibility index (Phi) is 6.66. The standard InChI is InChI=1S/C30H22BrClN2/c31-23-21-28(33(24-13-5-1-6-14-24)25-15-7-2-8-16-25)30(32)29(22-23)34(26-17-9-3-10-18-26)27-19-11-4-12-20-27/h1-22H. The molecule has 0 unspecified atom stereocenters. The fourth-order valence-electron chi connectivity index (χ4n) is 4.05. The van der Waals surface area contributed by atoms with Crippen molar-refractivity contribution in [2.45, 2.75) is 0 Å². The van der Waals surface area contributed by atoms with Crippen LogP contribution in [0.5, 0.6) is 0 Å². The summed E-state index contributed by atoms with van der Waals surface area (Å²) in [5.41, 5.74) is 5.91. The summed E-state index contributed by atoms with van der Waals surface area (Å²) in [7, 11) is 0. The van der Waals surface area contributed by atoms with E-state index >= 15 is 0 Å². The summed E-state index contributed by atoms with van der Waals surface area (Å²) in [6.07, 6.45) is 0. The molecule has 0 aliphatic rings. The largest absolute Gasteiger partial charge is 0.309 e. The van der Waals surface area contributed by atoms with Crippen LogP contribution in [0.3, 0.4) is 0 Å². The molecule has 0 aliphatic heterocycles. The molecule has 0 saturated carbocycles. The Morgan fingerprint density at radius 1 is 0.441 bits per heavy atom. The zero-order valence-electron chi connectivity index (χ0n) is 18.4. The molecule has 0 radical (unpaired) electrons. The third kappa shape index (κ3) is 4.58. The van der Waals surface area contributed by atoms with Crippen molar-refractivity contribution in [2.75, 3.05) is 9.80 Å². The predicted octanol–water partition coefficient (Wildman–Crippen LogP) is 10.0. The summed E-state index contributed by atoms with van der Waals surface area (Å²) in [6.45, 7) is 0. The van der Waals surface area contributed by atoms with E-state index in [1.165, 1.54) is 0 Å². The number of hydrogen-bond acceptors (Lipinski definition) is 2. The minimum absolute atomic E-state index is 0.656. The second-order valence-electron chi connectivity index (χ2n) is 7.77. The summed E-state index contributed by atoms with van der Waals surface area (Å²) >= 11 is 11.0. The quantitative estimate of drug-likeness (QED) is 0.217. The van der Waals surface area contributed by atoms with Crippen LogP contribution >= 0.6 is 27.5 Å². The molecule has 0 spiro atoms. The molecule has 5 aromatic rings. The number of benzene rings is 5. The predicted molar refractivity (Wildman–Crippen MR) is 149 cm³/mol. The normalized spacial score (nSPS) is 10.6. The summed E-state index contributed by atoms with van der Waals surface area (Å²) in [5.74, 6) is 0. The smallest absolute Gasteiger partial charge is 0.0887 e. The highest BCUT2D eigenvalue weighted by atomic mass is 79.9. The zero-order chi connectivity index (χ0) is 23.3. The van der Waals surface area contributed by atoms with Gasteiger partial charge in [-0.1, -0.05) is 100 Å². The van der Waals surface area contributed by atoms with Gasteiger partial charge in [-0.25, -0.2) is 0 Å². The minimum Gasteiger partial charge on any atom is -0.309 e. The number of anilines is 6. The van der Waals surface area contributed by atoms with Gasteiger partial charge >= 0.3 is 0 Å². The van der Waals surface area contributed by atoms with Gasteiger partial charge in [0.25, 0.3) is 0 Å². The Labute approximate surface area is 213 Å². The molecular weight excluding hydrogens is 504 g/mol. The van der Waals surface area contributed by atoms with E-state index in [0.717, 1.165) is 38.6 Å². The van der Waals surface area contributed by atoms with Crippen molar-refractivity contribution in [3.8, 4) is 0 Å². The minimum atomic E-state index is 0.656. The highest BCUT2D eigenvalue weighted by molar-refractivity contribution is 9.10. The van der Waals surface area contributed by atoms with Gasteiger partial charge in [0.2, 0.25) is 0 Å². The Hall–Kier alpha value is -3.53. The van der Waals surface area contributed by atoms with Crippen LogP contribution in [-0.2, 0) is 0 Å². The van der Waals surface area contributed by atoms with Crippen molar-refractivity contribution in [2.24, 2.45) is 0 Å². The fourth-order valence-corrected chi connectivity index (χ4v) is 4.76. The van der Waals surface area contributed by atoms with Gasteiger partial charge in [-0.05, 0) is 60.7 Å². The fraction of sp³-hybridized carbons (Fsp3) is 0. The first-order valence-corrected chi connectivity index (χ1v) is 12.2. The second-order valence-corrected chi connectivity index (χ2v) is 9.06. The summed E-state index contributed by atoms with van der Waals surface area (Å²) in [6, 6.07) is 45.3. The molecule has 5 aromatic carbocycles.